The van der Waals surface area contributed by atoms with Crippen molar-refractivity contribution < 1.29 is 24.0 Å². The largest absolute Gasteiger partial charge is 0.348 e. The van der Waals surface area contributed by atoms with Crippen molar-refractivity contribution in [3.05, 3.63) is 75.9 Å². The van der Waals surface area contributed by atoms with Gasteiger partial charge in [-0.15, -0.1) is 0 Å². The lowest BCUT2D eigenvalue weighted by Crippen LogP contribution is -2.52. The van der Waals surface area contributed by atoms with Crippen molar-refractivity contribution in [2.45, 2.75) is 38.9 Å². The second-order valence-electron chi connectivity index (χ2n) is 8.45. The van der Waals surface area contributed by atoms with E-state index < -0.39 is 17.9 Å². The summed E-state index contributed by atoms with van der Waals surface area (Å²) in [7, 11) is 0. The van der Waals surface area contributed by atoms with E-state index in [9.17, 15) is 24.0 Å². The third kappa shape index (κ3) is 3.44. The van der Waals surface area contributed by atoms with Crippen LogP contribution in [0, 0.1) is 0 Å². The Kier molecular flexibility index (Phi) is 4.92. The number of allylic oxidation sites excluding steroid dienone is 1. The van der Waals surface area contributed by atoms with E-state index in [2.05, 4.69) is 10.6 Å². The molecule has 4 amide bonds. The smallest absolute Gasteiger partial charge is 0.255 e. The van der Waals surface area contributed by atoms with Crippen molar-refractivity contribution in [2.24, 2.45) is 0 Å². The number of carbonyl (C=O) groups excluding carboxylic acids is 5. The average Bonchev–Trinajstić information content (AvgIpc) is 3.26. The van der Waals surface area contributed by atoms with Gasteiger partial charge in [0.25, 0.3) is 11.8 Å². The summed E-state index contributed by atoms with van der Waals surface area (Å²) >= 11 is 0. The molecule has 0 saturated carbocycles. The van der Waals surface area contributed by atoms with Gasteiger partial charge in [0.2, 0.25) is 11.8 Å². The fraction of sp³-hybridized carbons (Fsp3) is 0.240. The fourth-order valence-corrected chi connectivity index (χ4v) is 4.73. The van der Waals surface area contributed by atoms with E-state index >= 15 is 0 Å². The number of carbonyl (C=O) groups is 5. The number of piperidine rings is 1. The van der Waals surface area contributed by atoms with Gasteiger partial charge in [-0.05, 0) is 41.7 Å². The number of amides is 4. The first-order valence-electron chi connectivity index (χ1n) is 10.7. The molecule has 1 atom stereocenters. The molecule has 5 rings (SSSR count). The zero-order valence-corrected chi connectivity index (χ0v) is 17.9. The molecule has 0 bridgehead atoms. The lowest BCUT2D eigenvalue weighted by atomic mass is 10.0. The molecule has 0 aromatic heterocycles. The number of ketones is 1. The SMILES string of the molecule is CC1=C(C(=O)NCc2ccc3c(c2)CN(C2CCC(=O)NC2=O)C3=O)C(=O)c2ccccc21. The Morgan fingerprint density at radius 3 is 2.55 bits per heavy atom. The lowest BCUT2D eigenvalue weighted by Gasteiger charge is -2.29. The predicted molar refractivity (Wildman–Crippen MR) is 118 cm³/mol. The number of hydrogen-bond donors (Lipinski definition) is 2. The van der Waals surface area contributed by atoms with Crippen LogP contribution in [-0.2, 0) is 27.5 Å². The first kappa shape index (κ1) is 20.8. The maximum Gasteiger partial charge on any atom is 0.255 e. The van der Waals surface area contributed by atoms with Gasteiger partial charge in [0.15, 0.2) is 5.78 Å². The van der Waals surface area contributed by atoms with Gasteiger partial charge in [-0.3, -0.25) is 29.3 Å². The standard InChI is InChI=1S/C25H21N3O5/c1-13-16-4-2-3-5-18(16)22(30)21(13)24(32)26-11-14-6-7-17-15(10-14)12-28(25(17)33)19-8-9-20(29)27-23(19)31/h2-7,10,19H,8-9,11-12H2,1H3,(H,26,32)(H,27,29,31). The van der Waals surface area contributed by atoms with Crippen molar-refractivity contribution >= 4 is 35.0 Å². The Bertz CT molecular complexity index is 1290. The van der Waals surface area contributed by atoms with Crippen LogP contribution in [0.5, 0.6) is 0 Å². The molecular weight excluding hydrogens is 422 g/mol. The molecule has 2 heterocycles. The highest BCUT2D eigenvalue weighted by Crippen LogP contribution is 2.32. The topological polar surface area (TPSA) is 113 Å². The number of benzene rings is 2. The normalized spacial score (nSPS) is 19.5. The zero-order valence-electron chi connectivity index (χ0n) is 17.9. The fourth-order valence-electron chi connectivity index (χ4n) is 4.73. The summed E-state index contributed by atoms with van der Waals surface area (Å²) < 4.78 is 0. The summed E-state index contributed by atoms with van der Waals surface area (Å²) in [6.45, 7) is 2.22. The molecular formula is C25H21N3O5. The molecule has 1 aliphatic carbocycles. The second-order valence-corrected chi connectivity index (χ2v) is 8.45. The summed E-state index contributed by atoms with van der Waals surface area (Å²) in [6.07, 6.45) is 0.504. The van der Waals surface area contributed by atoms with Crippen LogP contribution < -0.4 is 10.6 Å². The highest BCUT2D eigenvalue weighted by molar-refractivity contribution is 6.34. The molecule has 8 heteroatoms. The minimum Gasteiger partial charge on any atom is -0.348 e. The molecule has 3 aliphatic rings. The van der Waals surface area contributed by atoms with Crippen LogP contribution in [0.2, 0.25) is 0 Å². The van der Waals surface area contributed by atoms with Crippen molar-refractivity contribution in [1.29, 1.82) is 0 Å². The Labute approximate surface area is 189 Å². The van der Waals surface area contributed by atoms with E-state index in [-0.39, 0.29) is 42.7 Å². The number of rotatable bonds is 4. The van der Waals surface area contributed by atoms with Crippen LogP contribution >= 0.6 is 0 Å². The third-order valence-corrected chi connectivity index (χ3v) is 6.45. The second kappa shape index (κ2) is 7.81. The Morgan fingerprint density at radius 1 is 1.06 bits per heavy atom. The van der Waals surface area contributed by atoms with Gasteiger partial charge in [0, 0.05) is 30.6 Å². The lowest BCUT2D eigenvalue weighted by molar-refractivity contribution is -0.137. The van der Waals surface area contributed by atoms with E-state index in [0.717, 1.165) is 16.7 Å². The van der Waals surface area contributed by atoms with Gasteiger partial charge < -0.3 is 10.2 Å². The van der Waals surface area contributed by atoms with E-state index in [0.29, 0.717) is 23.1 Å². The highest BCUT2D eigenvalue weighted by atomic mass is 16.2. The third-order valence-electron chi connectivity index (χ3n) is 6.45. The molecule has 1 unspecified atom stereocenters. The molecule has 2 aromatic carbocycles. The van der Waals surface area contributed by atoms with E-state index in [1.165, 1.54) is 4.90 Å². The van der Waals surface area contributed by atoms with Crippen LogP contribution in [0.1, 0.15) is 57.2 Å². The Morgan fingerprint density at radius 2 is 1.82 bits per heavy atom. The minimum absolute atomic E-state index is 0.150. The van der Waals surface area contributed by atoms with Gasteiger partial charge in [0.1, 0.15) is 6.04 Å². The molecule has 2 N–H and O–H groups in total. The van der Waals surface area contributed by atoms with Crippen molar-refractivity contribution in [2.75, 3.05) is 0 Å². The van der Waals surface area contributed by atoms with E-state index in [4.69, 9.17) is 0 Å². The Hall–Kier alpha value is -4.07. The van der Waals surface area contributed by atoms with Crippen LogP contribution in [0.25, 0.3) is 5.57 Å². The predicted octanol–water partition coefficient (Wildman–Crippen LogP) is 1.73. The number of hydrogen-bond acceptors (Lipinski definition) is 5. The van der Waals surface area contributed by atoms with Crippen LogP contribution in [0.15, 0.2) is 48.0 Å². The molecule has 0 radical (unpaired) electrons. The van der Waals surface area contributed by atoms with Crippen LogP contribution in [0.3, 0.4) is 0 Å². The highest BCUT2D eigenvalue weighted by Gasteiger charge is 2.39. The van der Waals surface area contributed by atoms with Gasteiger partial charge in [-0.25, -0.2) is 0 Å². The molecule has 0 spiro atoms. The van der Waals surface area contributed by atoms with Crippen LogP contribution in [0.4, 0.5) is 0 Å². The number of nitrogens with zero attached hydrogens (tertiary/aromatic N) is 1. The zero-order chi connectivity index (χ0) is 23.3. The van der Waals surface area contributed by atoms with Gasteiger partial charge in [-0.1, -0.05) is 36.4 Å². The van der Waals surface area contributed by atoms with Crippen molar-refractivity contribution in [3.8, 4) is 0 Å². The molecule has 1 fully saturated rings. The maximum absolute atomic E-state index is 12.8. The monoisotopic (exact) mass is 443 g/mol. The number of Topliss-reactive ketones (excluding diaryl/α,β-unsaturated/α-hetero) is 1. The van der Waals surface area contributed by atoms with Crippen LogP contribution in [-0.4, -0.2) is 40.4 Å². The van der Waals surface area contributed by atoms with Crippen molar-refractivity contribution in [3.63, 3.8) is 0 Å². The summed E-state index contributed by atoms with van der Waals surface area (Å²) in [6, 6.07) is 11.7. The number of imide groups is 1. The molecule has 2 aromatic rings. The molecule has 1 saturated heterocycles. The molecule has 2 aliphatic heterocycles. The van der Waals surface area contributed by atoms with Gasteiger partial charge >= 0.3 is 0 Å². The summed E-state index contributed by atoms with van der Waals surface area (Å²) in [4.78, 5) is 63.3. The Balaban J connectivity index is 1.28. The van der Waals surface area contributed by atoms with E-state index in [1.807, 2.05) is 18.2 Å². The average molecular weight is 443 g/mol. The molecule has 166 valence electrons. The number of nitrogens with one attached hydrogen (secondary N) is 2. The summed E-state index contributed by atoms with van der Waals surface area (Å²) in [5.41, 5.74) is 4.17. The molecule has 8 nitrogen and oxygen atoms in total. The first-order chi connectivity index (χ1) is 15.8. The first-order valence-corrected chi connectivity index (χ1v) is 10.7. The van der Waals surface area contributed by atoms with E-state index in [1.54, 1.807) is 31.2 Å². The van der Waals surface area contributed by atoms with Crippen molar-refractivity contribution in [1.82, 2.24) is 15.5 Å². The summed E-state index contributed by atoms with van der Waals surface area (Å²) in [5.74, 6) is -1.74. The number of fused-ring (bicyclic) bond motifs is 2. The summed E-state index contributed by atoms with van der Waals surface area (Å²) in [5, 5.41) is 5.09. The maximum atomic E-state index is 12.8. The minimum atomic E-state index is -0.671. The van der Waals surface area contributed by atoms with Gasteiger partial charge in [0.05, 0.1) is 5.57 Å². The quantitative estimate of drug-likeness (QED) is 0.552. The molecule has 33 heavy (non-hydrogen) atoms. The van der Waals surface area contributed by atoms with Gasteiger partial charge in [-0.2, -0.15) is 0 Å².